The van der Waals surface area contributed by atoms with Crippen molar-refractivity contribution in [1.29, 1.82) is 0 Å². The van der Waals surface area contributed by atoms with Gasteiger partial charge >= 0.3 is 6.18 Å². The van der Waals surface area contributed by atoms with Gasteiger partial charge in [-0.05, 0) is 37.1 Å². The van der Waals surface area contributed by atoms with Gasteiger partial charge in [0, 0.05) is 6.54 Å². The van der Waals surface area contributed by atoms with E-state index in [4.69, 9.17) is 5.73 Å². The quantitative estimate of drug-likeness (QED) is 0.789. The van der Waals surface area contributed by atoms with Crippen molar-refractivity contribution in [3.8, 4) is 0 Å². The van der Waals surface area contributed by atoms with Gasteiger partial charge in [-0.3, -0.25) is 0 Å². The number of halogens is 3. The zero-order valence-corrected chi connectivity index (χ0v) is 10.8. The Morgan fingerprint density at radius 3 is 2.06 bits per heavy atom. The van der Waals surface area contributed by atoms with E-state index < -0.39 is 11.7 Å². The summed E-state index contributed by atoms with van der Waals surface area (Å²) in [5.74, 6) is 0.106. The van der Waals surface area contributed by atoms with Crippen molar-refractivity contribution in [2.45, 2.75) is 51.7 Å². The molecule has 1 aliphatic carbocycles. The van der Waals surface area contributed by atoms with Gasteiger partial charge in [0.15, 0.2) is 0 Å². The maximum atomic E-state index is 12.7. The lowest BCUT2D eigenvalue weighted by atomic mass is 9.84. The number of nitrogens with one attached hydrogen (secondary N) is 1. The van der Waals surface area contributed by atoms with Gasteiger partial charge in [0.1, 0.15) is 5.54 Å². The molecule has 0 bridgehead atoms. The predicted molar refractivity (Wildman–Crippen MR) is 62.6 cm³/mol. The number of nitrogens with two attached hydrogens (primary N) is 1. The standard InChI is InChI=1S/C12H23F3N2/c1-10(2,3)6-9(7-16)8-17-11(4-5-11)12(13,14)15/h9,17H,4-8,16H2,1-3H3. The van der Waals surface area contributed by atoms with E-state index in [-0.39, 0.29) is 24.2 Å². The molecule has 0 amide bonds. The molecule has 2 nitrogen and oxygen atoms in total. The average Bonchev–Trinajstić information content (AvgIpc) is 2.90. The largest absolute Gasteiger partial charge is 0.406 e. The topological polar surface area (TPSA) is 38.0 Å². The van der Waals surface area contributed by atoms with E-state index in [0.29, 0.717) is 13.1 Å². The molecule has 0 aromatic rings. The van der Waals surface area contributed by atoms with E-state index in [9.17, 15) is 13.2 Å². The Hall–Kier alpha value is -0.290. The van der Waals surface area contributed by atoms with Crippen molar-refractivity contribution in [3.63, 3.8) is 0 Å². The van der Waals surface area contributed by atoms with Crippen molar-refractivity contribution in [2.24, 2.45) is 17.1 Å². The molecule has 102 valence electrons. The van der Waals surface area contributed by atoms with Crippen LogP contribution in [0.4, 0.5) is 13.2 Å². The molecular weight excluding hydrogens is 229 g/mol. The van der Waals surface area contributed by atoms with Crippen LogP contribution in [0.25, 0.3) is 0 Å². The lowest BCUT2D eigenvalue weighted by molar-refractivity contribution is -0.166. The zero-order valence-electron chi connectivity index (χ0n) is 10.8. The minimum absolute atomic E-state index is 0.0979. The van der Waals surface area contributed by atoms with Crippen molar-refractivity contribution >= 4 is 0 Å². The third kappa shape index (κ3) is 4.14. The Kier molecular flexibility index (Phi) is 4.14. The first-order valence-corrected chi connectivity index (χ1v) is 6.11. The lowest BCUT2D eigenvalue weighted by Gasteiger charge is -2.28. The Balaban J connectivity index is 2.44. The fraction of sp³-hybridized carbons (Fsp3) is 1.00. The summed E-state index contributed by atoms with van der Waals surface area (Å²) in [6.07, 6.45) is -2.90. The third-order valence-electron chi connectivity index (χ3n) is 3.26. The summed E-state index contributed by atoms with van der Waals surface area (Å²) in [7, 11) is 0. The lowest BCUT2D eigenvalue weighted by Crippen LogP contribution is -2.47. The van der Waals surface area contributed by atoms with Crippen LogP contribution in [0.2, 0.25) is 0 Å². The molecule has 17 heavy (non-hydrogen) atoms. The monoisotopic (exact) mass is 252 g/mol. The first-order valence-electron chi connectivity index (χ1n) is 6.11. The molecule has 0 heterocycles. The molecule has 1 rings (SSSR count). The summed E-state index contributed by atoms with van der Waals surface area (Å²) < 4.78 is 38.1. The Bertz CT molecular complexity index is 251. The molecular formula is C12H23F3N2. The maximum Gasteiger partial charge on any atom is 0.406 e. The molecule has 0 radical (unpaired) electrons. The van der Waals surface area contributed by atoms with Crippen molar-refractivity contribution < 1.29 is 13.2 Å². The van der Waals surface area contributed by atoms with Gasteiger partial charge in [0.2, 0.25) is 0 Å². The molecule has 1 fully saturated rings. The summed E-state index contributed by atoms with van der Waals surface area (Å²) in [6.45, 7) is 7.01. The van der Waals surface area contributed by atoms with Crippen LogP contribution in [-0.2, 0) is 0 Å². The van der Waals surface area contributed by atoms with Crippen LogP contribution < -0.4 is 11.1 Å². The molecule has 1 atom stereocenters. The molecule has 1 unspecified atom stereocenters. The minimum atomic E-state index is -4.13. The van der Waals surface area contributed by atoms with Crippen LogP contribution in [0.5, 0.6) is 0 Å². The van der Waals surface area contributed by atoms with Gasteiger partial charge in [-0.2, -0.15) is 13.2 Å². The average molecular weight is 252 g/mol. The van der Waals surface area contributed by atoms with E-state index in [0.717, 1.165) is 6.42 Å². The van der Waals surface area contributed by atoms with E-state index in [1.807, 2.05) is 0 Å². The van der Waals surface area contributed by atoms with Crippen LogP contribution in [0.3, 0.4) is 0 Å². The summed E-state index contributed by atoms with van der Waals surface area (Å²) in [6, 6.07) is 0. The summed E-state index contributed by atoms with van der Waals surface area (Å²) in [5.41, 5.74) is 4.10. The van der Waals surface area contributed by atoms with Gasteiger partial charge in [-0.25, -0.2) is 0 Å². The fourth-order valence-electron chi connectivity index (χ4n) is 2.13. The molecule has 3 N–H and O–H groups in total. The second-order valence-corrected chi connectivity index (χ2v) is 6.33. The molecule has 0 aliphatic heterocycles. The van der Waals surface area contributed by atoms with Gasteiger partial charge in [0.05, 0.1) is 0 Å². The molecule has 0 aromatic carbocycles. The van der Waals surface area contributed by atoms with Crippen LogP contribution in [0.15, 0.2) is 0 Å². The van der Waals surface area contributed by atoms with Crippen molar-refractivity contribution in [3.05, 3.63) is 0 Å². The number of rotatable bonds is 5. The number of hydrogen-bond donors (Lipinski definition) is 2. The summed E-state index contributed by atoms with van der Waals surface area (Å²) in [4.78, 5) is 0. The van der Waals surface area contributed by atoms with E-state index >= 15 is 0 Å². The first-order chi connectivity index (χ1) is 7.60. The van der Waals surface area contributed by atoms with Crippen LogP contribution in [0, 0.1) is 11.3 Å². The number of alkyl halides is 3. The smallest absolute Gasteiger partial charge is 0.330 e. The summed E-state index contributed by atoms with van der Waals surface area (Å²) >= 11 is 0. The number of hydrogen-bond acceptors (Lipinski definition) is 2. The van der Waals surface area contributed by atoms with Crippen LogP contribution in [0.1, 0.15) is 40.0 Å². The van der Waals surface area contributed by atoms with E-state index in [1.165, 1.54) is 0 Å². The molecule has 0 saturated heterocycles. The summed E-state index contributed by atoms with van der Waals surface area (Å²) in [5, 5.41) is 2.68. The highest BCUT2D eigenvalue weighted by Crippen LogP contribution is 2.49. The van der Waals surface area contributed by atoms with Crippen LogP contribution in [-0.4, -0.2) is 24.8 Å². The van der Waals surface area contributed by atoms with Gasteiger partial charge in [-0.15, -0.1) is 0 Å². The predicted octanol–water partition coefficient (Wildman–Crippen LogP) is 2.68. The van der Waals surface area contributed by atoms with Crippen molar-refractivity contribution in [1.82, 2.24) is 5.32 Å². The van der Waals surface area contributed by atoms with Crippen LogP contribution >= 0.6 is 0 Å². The molecule has 1 saturated carbocycles. The Labute approximate surface area is 101 Å². The highest BCUT2D eigenvalue weighted by atomic mass is 19.4. The molecule has 1 aliphatic rings. The van der Waals surface area contributed by atoms with Crippen molar-refractivity contribution in [2.75, 3.05) is 13.1 Å². The van der Waals surface area contributed by atoms with Gasteiger partial charge in [0.25, 0.3) is 0 Å². The fourth-order valence-corrected chi connectivity index (χ4v) is 2.13. The van der Waals surface area contributed by atoms with E-state index in [2.05, 4.69) is 26.1 Å². The third-order valence-corrected chi connectivity index (χ3v) is 3.26. The molecule has 0 spiro atoms. The highest BCUT2D eigenvalue weighted by Gasteiger charge is 2.63. The normalized spacial score (nSPS) is 21.4. The minimum Gasteiger partial charge on any atom is -0.330 e. The zero-order chi connectivity index (χ0) is 13.3. The molecule has 0 aromatic heterocycles. The second kappa shape index (κ2) is 4.76. The highest BCUT2D eigenvalue weighted by molar-refractivity contribution is 5.08. The van der Waals surface area contributed by atoms with Gasteiger partial charge in [-0.1, -0.05) is 20.8 Å². The Morgan fingerprint density at radius 2 is 1.76 bits per heavy atom. The van der Waals surface area contributed by atoms with E-state index in [1.54, 1.807) is 0 Å². The first kappa shape index (κ1) is 14.8. The second-order valence-electron chi connectivity index (χ2n) is 6.33. The Morgan fingerprint density at radius 1 is 1.24 bits per heavy atom. The molecule has 5 heteroatoms. The SMILES string of the molecule is CC(C)(C)CC(CN)CNC1(C(F)(F)F)CC1. The maximum absolute atomic E-state index is 12.7. The van der Waals surface area contributed by atoms with Gasteiger partial charge < -0.3 is 11.1 Å².